The van der Waals surface area contributed by atoms with Crippen LogP contribution in [0.15, 0.2) is 45.0 Å². The number of methoxy groups -OCH3 is 1. The van der Waals surface area contributed by atoms with Crippen LogP contribution in [-0.4, -0.2) is 38.5 Å². The van der Waals surface area contributed by atoms with E-state index >= 15 is 0 Å². The summed E-state index contributed by atoms with van der Waals surface area (Å²) in [5, 5.41) is 4.35. The number of aromatic amines is 1. The maximum atomic E-state index is 12.3. The quantitative estimate of drug-likeness (QED) is 0.504. The maximum Gasteiger partial charge on any atom is 0.329 e. The Morgan fingerprint density at radius 3 is 2.73 bits per heavy atom. The van der Waals surface area contributed by atoms with Gasteiger partial charge in [-0.3, -0.25) is 14.3 Å². The molecule has 2 heterocycles. The largest absolute Gasteiger partial charge is 0.383 e. The highest BCUT2D eigenvalue weighted by Gasteiger charge is 2.17. The van der Waals surface area contributed by atoms with Crippen LogP contribution in [-0.2, 0) is 18.3 Å². The molecule has 0 aliphatic heterocycles. The van der Waals surface area contributed by atoms with Crippen molar-refractivity contribution >= 4 is 22.8 Å². The van der Waals surface area contributed by atoms with Gasteiger partial charge in [-0.2, -0.15) is 10.1 Å². The maximum absolute atomic E-state index is 12.3. The van der Waals surface area contributed by atoms with Crippen molar-refractivity contribution in [3.8, 4) is 0 Å². The van der Waals surface area contributed by atoms with Gasteiger partial charge < -0.3 is 9.30 Å². The number of ether oxygens (including phenoxy) is 1. The summed E-state index contributed by atoms with van der Waals surface area (Å²) in [7, 11) is 3.13. The van der Waals surface area contributed by atoms with E-state index in [-0.39, 0.29) is 5.65 Å². The van der Waals surface area contributed by atoms with Gasteiger partial charge in [0, 0.05) is 20.7 Å². The third kappa shape index (κ3) is 3.29. The van der Waals surface area contributed by atoms with Crippen molar-refractivity contribution in [3.63, 3.8) is 0 Å². The molecule has 0 bridgehead atoms. The molecule has 0 amide bonds. The number of hydrogen-bond acceptors (Lipinski definition) is 6. The number of benzene rings is 1. The highest BCUT2D eigenvalue weighted by atomic mass is 16.5. The summed E-state index contributed by atoms with van der Waals surface area (Å²) in [4.78, 5) is 30.8. The lowest BCUT2D eigenvalue weighted by Gasteiger charge is -2.08. The number of fused-ring (bicyclic) bond motifs is 1. The van der Waals surface area contributed by atoms with Crippen LogP contribution >= 0.6 is 0 Å². The SMILES string of the molecule is COCCn1c(N/N=C(/C)c2ccccc2)nc2c1c(=O)[nH]c(=O)n2C. The normalized spacial score (nSPS) is 11.9. The molecule has 0 spiro atoms. The topological polar surface area (TPSA) is 106 Å². The van der Waals surface area contributed by atoms with Crippen molar-refractivity contribution in [1.82, 2.24) is 19.1 Å². The predicted octanol–water partition coefficient (Wildman–Crippen LogP) is 0.906. The first kappa shape index (κ1) is 17.6. The third-order valence-electron chi connectivity index (χ3n) is 4.04. The number of hydrogen-bond donors (Lipinski definition) is 2. The van der Waals surface area contributed by atoms with Crippen LogP contribution in [0.4, 0.5) is 5.95 Å². The van der Waals surface area contributed by atoms with Gasteiger partial charge in [-0.25, -0.2) is 10.2 Å². The zero-order valence-corrected chi connectivity index (χ0v) is 14.8. The molecular formula is C17H20N6O3. The summed E-state index contributed by atoms with van der Waals surface area (Å²) in [6.07, 6.45) is 0. The summed E-state index contributed by atoms with van der Waals surface area (Å²) >= 11 is 0. The number of anilines is 1. The molecule has 0 radical (unpaired) electrons. The second-order valence-electron chi connectivity index (χ2n) is 5.75. The Morgan fingerprint density at radius 1 is 1.31 bits per heavy atom. The average Bonchev–Trinajstić information content (AvgIpc) is 3.02. The Balaban J connectivity index is 2.07. The molecule has 9 heteroatoms. The summed E-state index contributed by atoms with van der Waals surface area (Å²) in [5.74, 6) is 0.360. The standard InChI is InChI=1S/C17H20N6O3/c1-11(12-7-5-4-6-8-12)20-21-16-18-14-13(23(16)9-10-26-3)15(24)19-17(25)22(14)2/h4-8H,9-10H2,1-3H3,(H,18,21)(H,19,24,25)/b20-11-. The summed E-state index contributed by atoms with van der Waals surface area (Å²) in [5.41, 5.74) is 4.18. The van der Waals surface area contributed by atoms with Crippen LogP contribution in [0.5, 0.6) is 0 Å². The number of nitrogens with one attached hydrogen (secondary N) is 2. The van der Waals surface area contributed by atoms with Crippen molar-refractivity contribution in [3.05, 3.63) is 56.7 Å². The van der Waals surface area contributed by atoms with E-state index in [0.717, 1.165) is 11.3 Å². The van der Waals surface area contributed by atoms with Crippen molar-refractivity contribution in [2.24, 2.45) is 12.1 Å². The van der Waals surface area contributed by atoms with E-state index in [1.807, 2.05) is 37.3 Å². The molecule has 26 heavy (non-hydrogen) atoms. The number of rotatable bonds is 6. The molecule has 0 saturated carbocycles. The fourth-order valence-corrected chi connectivity index (χ4v) is 2.60. The van der Waals surface area contributed by atoms with E-state index in [0.29, 0.717) is 24.6 Å². The van der Waals surface area contributed by atoms with Gasteiger partial charge in [0.05, 0.1) is 12.3 Å². The number of aromatic nitrogens is 4. The van der Waals surface area contributed by atoms with Gasteiger partial charge in [-0.1, -0.05) is 30.3 Å². The fourth-order valence-electron chi connectivity index (χ4n) is 2.60. The first-order valence-electron chi connectivity index (χ1n) is 8.07. The molecule has 0 unspecified atom stereocenters. The lowest BCUT2D eigenvalue weighted by molar-refractivity contribution is 0.188. The zero-order chi connectivity index (χ0) is 18.7. The van der Waals surface area contributed by atoms with Crippen molar-refractivity contribution in [2.45, 2.75) is 13.5 Å². The number of aryl methyl sites for hydroxylation is 1. The van der Waals surface area contributed by atoms with Crippen LogP contribution in [0.2, 0.25) is 0 Å². The van der Waals surface area contributed by atoms with E-state index in [9.17, 15) is 9.59 Å². The zero-order valence-electron chi connectivity index (χ0n) is 14.8. The molecule has 2 aromatic heterocycles. The summed E-state index contributed by atoms with van der Waals surface area (Å²) in [6.45, 7) is 2.63. The van der Waals surface area contributed by atoms with Crippen molar-refractivity contribution < 1.29 is 4.74 Å². The smallest absolute Gasteiger partial charge is 0.329 e. The number of hydrazone groups is 1. The van der Waals surface area contributed by atoms with E-state index in [2.05, 4.69) is 20.5 Å². The molecule has 0 fully saturated rings. The molecule has 136 valence electrons. The van der Waals surface area contributed by atoms with E-state index in [1.165, 1.54) is 4.57 Å². The molecule has 2 N–H and O–H groups in total. The molecule has 0 atom stereocenters. The van der Waals surface area contributed by atoms with E-state index in [4.69, 9.17) is 4.74 Å². The van der Waals surface area contributed by atoms with Crippen LogP contribution in [0.25, 0.3) is 11.2 Å². The second-order valence-corrected chi connectivity index (χ2v) is 5.75. The van der Waals surface area contributed by atoms with Gasteiger partial charge in [-0.05, 0) is 12.5 Å². The third-order valence-corrected chi connectivity index (χ3v) is 4.04. The predicted molar refractivity (Wildman–Crippen MR) is 99.7 cm³/mol. The van der Waals surface area contributed by atoms with Crippen LogP contribution in [0.1, 0.15) is 12.5 Å². The lowest BCUT2D eigenvalue weighted by Crippen LogP contribution is -2.29. The van der Waals surface area contributed by atoms with Crippen molar-refractivity contribution in [2.75, 3.05) is 19.1 Å². The molecule has 0 aliphatic rings. The minimum atomic E-state index is -0.519. The highest BCUT2D eigenvalue weighted by molar-refractivity contribution is 5.99. The first-order valence-corrected chi connectivity index (χ1v) is 8.07. The molecule has 0 saturated heterocycles. The van der Waals surface area contributed by atoms with Gasteiger partial charge in [0.2, 0.25) is 5.95 Å². The monoisotopic (exact) mass is 356 g/mol. The van der Waals surface area contributed by atoms with E-state index < -0.39 is 11.2 Å². The molecule has 0 aliphatic carbocycles. The van der Waals surface area contributed by atoms with Gasteiger partial charge in [-0.15, -0.1) is 0 Å². The van der Waals surface area contributed by atoms with E-state index in [1.54, 1.807) is 18.7 Å². The highest BCUT2D eigenvalue weighted by Crippen LogP contribution is 2.15. The molecular weight excluding hydrogens is 336 g/mol. The second kappa shape index (κ2) is 7.36. The summed E-state index contributed by atoms with van der Waals surface area (Å²) < 4.78 is 8.06. The Morgan fingerprint density at radius 2 is 2.04 bits per heavy atom. The fraction of sp³-hybridized carbons (Fsp3) is 0.294. The minimum absolute atomic E-state index is 0.282. The Labute approximate surface area is 148 Å². The Bertz CT molecular complexity index is 1060. The van der Waals surface area contributed by atoms with Gasteiger partial charge in [0.1, 0.15) is 0 Å². The minimum Gasteiger partial charge on any atom is -0.383 e. The molecule has 1 aromatic carbocycles. The van der Waals surface area contributed by atoms with Crippen molar-refractivity contribution in [1.29, 1.82) is 0 Å². The number of nitrogens with zero attached hydrogens (tertiary/aromatic N) is 4. The lowest BCUT2D eigenvalue weighted by atomic mass is 10.1. The van der Waals surface area contributed by atoms with Gasteiger partial charge in [0.15, 0.2) is 11.2 Å². The van der Waals surface area contributed by atoms with Crippen LogP contribution in [0, 0.1) is 0 Å². The number of H-pyrrole nitrogens is 1. The van der Waals surface area contributed by atoms with Gasteiger partial charge >= 0.3 is 5.69 Å². The Kier molecular flexibility index (Phi) is 4.99. The number of imidazole rings is 1. The van der Waals surface area contributed by atoms with Crippen LogP contribution in [0.3, 0.4) is 0 Å². The molecule has 9 nitrogen and oxygen atoms in total. The molecule has 3 rings (SSSR count). The average molecular weight is 356 g/mol. The first-order chi connectivity index (χ1) is 12.5. The Hall–Kier alpha value is -3.20. The molecule has 3 aromatic rings. The van der Waals surface area contributed by atoms with Crippen LogP contribution < -0.4 is 16.7 Å². The summed E-state index contributed by atoms with van der Waals surface area (Å²) in [6, 6.07) is 9.68. The van der Waals surface area contributed by atoms with Gasteiger partial charge in [0.25, 0.3) is 5.56 Å².